The van der Waals surface area contributed by atoms with Crippen molar-refractivity contribution in [3.05, 3.63) is 41.6 Å². The molecule has 0 bridgehead atoms. The third-order valence-electron chi connectivity index (χ3n) is 3.14. The predicted octanol–water partition coefficient (Wildman–Crippen LogP) is 3.40. The minimum atomic E-state index is 0.505. The molecule has 1 fully saturated rings. The molecular formula is C14H14ClN3. The van der Waals surface area contributed by atoms with Gasteiger partial charge in [0.1, 0.15) is 5.15 Å². The van der Waals surface area contributed by atoms with E-state index in [1.165, 1.54) is 12.8 Å². The first-order valence-electron chi connectivity index (χ1n) is 6.18. The molecule has 18 heavy (non-hydrogen) atoms. The number of aromatic nitrogens is 2. The molecule has 0 aliphatic carbocycles. The highest BCUT2D eigenvalue weighted by atomic mass is 35.5. The van der Waals surface area contributed by atoms with Crippen LogP contribution in [-0.2, 0) is 0 Å². The van der Waals surface area contributed by atoms with Gasteiger partial charge in [-0.25, -0.2) is 9.97 Å². The summed E-state index contributed by atoms with van der Waals surface area (Å²) in [5.41, 5.74) is 1.96. The van der Waals surface area contributed by atoms with E-state index in [9.17, 15) is 0 Å². The quantitative estimate of drug-likeness (QED) is 0.774. The Bertz CT molecular complexity index is 536. The zero-order chi connectivity index (χ0) is 12.4. The number of anilines is 1. The fraction of sp³-hybridized carbons (Fsp3) is 0.286. The lowest BCUT2D eigenvalue weighted by Gasteiger charge is -2.16. The molecule has 0 unspecified atom stereocenters. The lowest BCUT2D eigenvalue weighted by molar-refractivity contribution is 0.900. The third-order valence-corrected chi connectivity index (χ3v) is 3.34. The smallest absolute Gasteiger partial charge is 0.227 e. The fourth-order valence-electron chi connectivity index (χ4n) is 2.22. The highest BCUT2D eigenvalue weighted by Crippen LogP contribution is 2.24. The van der Waals surface area contributed by atoms with Crippen molar-refractivity contribution in [1.82, 2.24) is 9.97 Å². The second-order valence-electron chi connectivity index (χ2n) is 4.44. The van der Waals surface area contributed by atoms with E-state index in [0.717, 1.165) is 30.3 Å². The van der Waals surface area contributed by atoms with E-state index in [2.05, 4.69) is 14.9 Å². The third kappa shape index (κ3) is 2.31. The largest absolute Gasteiger partial charge is 0.341 e. The molecule has 1 aliphatic rings. The molecule has 92 valence electrons. The Morgan fingerprint density at radius 2 is 1.72 bits per heavy atom. The van der Waals surface area contributed by atoms with Crippen molar-refractivity contribution in [1.29, 1.82) is 0 Å². The van der Waals surface area contributed by atoms with Gasteiger partial charge in [0.15, 0.2) is 0 Å². The number of hydrogen-bond acceptors (Lipinski definition) is 3. The molecule has 0 N–H and O–H groups in total. The van der Waals surface area contributed by atoms with E-state index < -0.39 is 0 Å². The summed E-state index contributed by atoms with van der Waals surface area (Å²) in [7, 11) is 0. The highest BCUT2D eigenvalue weighted by Gasteiger charge is 2.16. The van der Waals surface area contributed by atoms with Crippen LogP contribution in [0.4, 0.5) is 5.95 Å². The molecule has 0 radical (unpaired) electrons. The molecule has 2 heterocycles. The van der Waals surface area contributed by atoms with Gasteiger partial charge in [-0.05, 0) is 12.8 Å². The van der Waals surface area contributed by atoms with E-state index in [1.54, 1.807) is 0 Å². The molecule has 4 heteroatoms. The van der Waals surface area contributed by atoms with E-state index in [1.807, 2.05) is 36.4 Å². The van der Waals surface area contributed by atoms with E-state index >= 15 is 0 Å². The lowest BCUT2D eigenvalue weighted by atomic mass is 10.1. The maximum atomic E-state index is 6.10. The Hall–Kier alpha value is -1.61. The van der Waals surface area contributed by atoms with Crippen LogP contribution in [0.5, 0.6) is 0 Å². The summed E-state index contributed by atoms with van der Waals surface area (Å²) in [5.74, 6) is 0.749. The van der Waals surface area contributed by atoms with Crippen molar-refractivity contribution in [3.63, 3.8) is 0 Å². The van der Waals surface area contributed by atoms with Crippen molar-refractivity contribution in [3.8, 4) is 11.3 Å². The Morgan fingerprint density at radius 1 is 1.00 bits per heavy atom. The summed E-state index contributed by atoms with van der Waals surface area (Å²) >= 11 is 6.10. The Kier molecular flexibility index (Phi) is 3.15. The Morgan fingerprint density at radius 3 is 2.44 bits per heavy atom. The maximum absolute atomic E-state index is 6.10. The molecular weight excluding hydrogens is 246 g/mol. The van der Waals surface area contributed by atoms with Gasteiger partial charge in [-0.3, -0.25) is 0 Å². The van der Waals surface area contributed by atoms with Gasteiger partial charge >= 0.3 is 0 Å². The average molecular weight is 260 g/mol. The van der Waals surface area contributed by atoms with Crippen LogP contribution < -0.4 is 4.90 Å². The topological polar surface area (TPSA) is 29.0 Å². The van der Waals surface area contributed by atoms with Crippen LogP contribution in [0.15, 0.2) is 36.4 Å². The van der Waals surface area contributed by atoms with E-state index in [-0.39, 0.29) is 0 Å². The Balaban J connectivity index is 2.00. The number of benzene rings is 1. The summed E-state index contributed by atoms with van der Waals surface area (Å²) in [5, 5.41) is 0.505. The molecule has 0 saturated carbocycles. The second-order valence-corrected chi connectivity index (χ2v) is 4.82. The van der Waals surface area contributed by atoms with E-state index in [4.69, 9.17) is 11.6 Å². The van der Waals surface area contributed by atoms with Crippen molar-refractivity contribution in [2.24, 2.45) is 0 Å². The first-order chi connectivity index (χ1) is 8.83. The number of nitrogens with zero attached hydrogens (tertiary/aromatic N) is 3. The minimum absolute atomic E-state index is 0.505. The molecule has 0 atom stereocenters. The normalized spacial score (nSPS) is 15.1. The first kappa shape index (κ1) is 11.5. The van der Waals surface area contributed by atoms with Crippen LogP contribution in [0.3, 0.4) is 0 Å². The second kappa shape index (κ2) is 4.94. The van der Waals surface area contributed by atoms with Crippen LogP contribution >= 0.6 is 11.6 Å². The van der Waals surface area contributed by atoms with Crippen molar-refractivity contribution >= 4 is 17.5 Å². The van der Waals surface area contributed by atoms with Crippen LogP contribution in [0.1, 0.15) is 12.8 Å². The summed E-state index contributed by atoms with van der Waals surface area (Å²) in [4.78, 5) is 11.1. The SMILES string of the molecule is Clc1cc(-c2ccccc2)nc(N2CCCC2)n1. The van der Waals surface area contributed by atoms with Gasteiger partial charge in [0.25, 0.3) is 0 Å². The van der Waals surface area contributed by atoms with Crippen LogP contribution in [0.25, 0.3) is 11.3 Å². The molecule has 1 aromatic heterocycles. The summed E-state index contributed by atoms with van der Waals surface area (Å²) < 4.78 is 0. The summed E-state index contributed by atoms with van der Waals surface area (Å²) in [6, 6.07) is 11.9. The summed E-state index contributed by atoms with van der Waals surface area (Å²) in [6.45, 7) is 2.04. The standard InChI is InChI=1S/C14H14ClN3/c15-13-10-12(11-6-2-1-3-7-11)16-14(17-13)18-8-4-5-9-18/h1-3,6-7,10H,4-5,8-9H2. The van der Waals surface area contributed by atoms with Gasteiger partial charge in [0.05, 0.1) is 5.69 Å². The fourth-order valence-corrected chi connectivity index (χ4v) is 2.40. The molecule has 3 rings (SSSR count). The summed E-state index contributed by atoms with van der Waals surface area (Å²) in [6.07, 6.45) is 2.41. The molecule has 1 aromatic carbocycles. The van der Waals surface area contributed by atoms with Gasteiger partial charge in [-0.1, -0.05) is 41.9 Å². The Labute approximate surface area is 111 Å². The molecule has 1 saturated heterocycles. The van der Waals surface area contributed by atoms with Crippen LogP contribution in [0.2, 0.25) is 5.15 Å². The molecule has 2 aromatic rings. The van der Waals surface area contributed by atoms with Crippen molar-refractivity contribution in [2.45, 2.75) is 12.8 Å². The predicted molar refractivity (Wildman–Crippen MR) is 73.9 cm³/mol. The van der Waals surface area contributed by atoms with E-state index in [0.29, 0.717) is 5.15 Å². The van der Waals surface area contributed by atoms with Gasteiger partial charge in [-0.2, -0.15) is 0 Å². The van der Waals surface area contributed by atoms with Gasteiger partial charge < -0.3 is 4.90 Å². The van der Waals surface area contributed by atoms with Crippen molar-refractivity contribution in [2.75, 3.05) is 18.0 Å². The zero-order valence-electron chi connectivity index (χ0n) is 10.0. The number of hydrogen-bond donors (Lipinski definition) is 0. The van der Waals surface area contributed by atoms with Gasteiger partial charge in [0.2, 0.25) is 5.95 Å². The van der Waals surface area contributed by atoms with Crippen molar-refractivity contribution < 1.29 is 0 Å². The maximum Gasteiger partial charge on any atom is 0.227 e. The monoisotopic (exact) mass is 259 g/mol. The number of halogens is 1. The molecule has 0 amide bonds. The molecule has 0 spiro atoms. The highest BCUT2D eigenvalue weighted by molar-refractivity contribution is 6.29. The zero-order valence-corrected chi connectivity index (χ0v) is 10.8. The average Bonchev–Trinajstić information content (AvgIpc) is 2.93. The lowest BCUT2D eigenvalue weighted by Crippen LogP contribution is -2.20. The molecule has 3 nitrogen and oxygen atoms in total. The molecule has 1 aliphatic heterocycles. The van der Waals surface area contributed by atoms with Crippen LogP contribution in [0, 0.1) is 0 Å². The van der Waals surface area contributed by atoms with Crippen LogP contribution in [-0.4, -0.2) is 23.1 Å². The number of rotatable bonds is 2. The van der Waals surface area contributed by atoms with Gasteiger partial charge in [0, 0.05) is 24.7 Å². The van der Waals surface area contributed by atoms with Gasteiger partial charge in [-0.15, -0.1) is 0 Å². The minimum Gasteiger partial charge on any atom is -0.341 e. The first-order valence-corrected chi connectivity index (χ1v) is 6.56.